The Morgan fingerprint density at radius 3 is 2.77 bits per heavy atom. The summed E-state index contributed by atoms with van der Waals surface area (Å²) in [6, 6.07) is 5.57. The zero-order valence-electron chi connectivity index (χ0n) is 17.2. The van der Waals surface area contributed by atoms with E-state index in [-0.39, 0.29) is 30.4 Å². The van der Waals surface area contributed by atoms with Crippen molar-refractivity contribution >= 4 is 35.0 Å². The highest BCUT2D eigenvalue weighted by Gasteiger charge is 2.49. The molecule has 3 aliphatic rings. The van der Waals surface area contributed by atoms with E-state index in [1.807, 2.05) is 13.0 Å². The van der Waals surface area contributed by atoms with E-state index in [0.717, 1.165) is 24.9 Å². The average Bonchev–Trinajstić information content (AvgIpc) is 2.70. The molecule has 5 atom stereocenters. The van der Waals surface area contributed by atoms with E-state index in [4.69, 9.17) is 11.6 Å². The van der Waals surface area contributed by atoms with E-state index < -0.39 is 18.0 Å². The Morgan fingerprint density at radius 2 is 2.03 bits per heavy atom. The van der Waals surface area contributed by atoms with Gasteiger partial charge in [-0.05, 0) is 44.4 Å². The van der Waals surface area contributed by atoms with Gasteiger partial charge < -0.3 is 16.0 Å². The fourth-order valence-electron chi connectivity index (χ4n) is 4.65. The van der Waals surface area contributed by atoms with Crippen molar-refractivity contribution in [1.82, 2.24) is 20.9 Å². The maximum Gasteiger partial charge on any atom is 0.229 e. The molecule has 0 spiro atoms. The molecule has 1 aromatic carbocycles. The number of hydrogen-bond acceptors (Lipinski definition) is 5. The Hall–Kier alpha value is -2.16. The molecule has 3 aliphatic heterocycles. The summed E-state index contributed by atoms with van der Waals surface area (Å²) in [6.45, 7) is 4.89. The van der Waals surface area contributed by atoms with Crippen molar-refractivity contribution in [3.8, 4) is 0 Å². The van der Waals surface area contributed by atoms with Crippen molar-refractivity contribution in [2.45, 2.75) is 58.0 Å². The molecule has 1 aromatic rings. The van der Waals surface area contributed by atoms with Gasteiger partial charge in [-0.25, -0.2) is 0 Å². The number of likely N-dealkylation sites (tertiary alicyclic amines) is 1. The number of carbonyl (C=O) groups is 3. The van der Waals surface area contributed by atoms with Crippen molar-refractivity contribution in [3.63, 3.8) is 0 Å². The average molecular weight is 434 g/mol. The molecule has 0 radical (unpaired) electrons. The zero-order valence-corrected chi connectivity index (χ0v) is 18.0. The summed E-state index contributed by atoms with van der Waals surface area (Å²) in [5.74, 6) is -2.27. The number of halogens is 1. The van der Waals surface area contributed by atoms with Crippen LogP contribution in [-0.4, -0.2) is 47.7 Å². The summed E-state index contributed by atoms with van der Waals surface area (Å²) in [6.07, 6.45) is 2.34. The number of nitrogens with one attached hydrogen (secondary N) is 4. The SMILES string of the molecule is Cc1ccc(NC(=O)C2CC(=O)NC3NC(N4CCCCC4C)NC(=O)C32)cc1Cl. The van der Waals surface area contributed by atoms with Gasteiger partial charge in [0.05, 0.1) is 18.0 Å². The molecular weight excluding hydrogens is 406 g/mol. The second-order valence-electron chi connectivity index (χ2n) is 8.50. The van der Waals surface area contributed by atoms with Gasteiger partial charge in [0.2, 0.25) is 17.7 Å². The molecule has 8 nitrogen and oxygen atoms in total. The predicted molar refractivity (Wildman–Crippen MR) is 113 cm³/mol. The highest BCUT2D eigenvalue weighted by Crippen LogP contribution is 2.30. The number of piperidine rings is 2. The number of fused-ring (bicyclic) bond motifs is 1. The van der Waals surface area contributed by atoms with Gasteiger partial charge in [-0.3, -0.25) is 24.6 Å². The van der Waals surface area contributed by atoms with Crippen molar-refractivity contribution in [2.24, 2.45) is 11.8 Å². The molecule has 30 heavy (non-hydrogen) atoms. The minimum atomic E-state index is -0.768. The lowest BCUT2D eigenvalue weighted by Crippen LogP contribution is -2.75. The number of anilines is 1. The molecule has 3 saturated heterocycles. The number of carbonyl (C=O) groups excluding carboxylic acids is 3. The number of benzene rings is 1. The number of amides is 3. The van der Waals surface area contributed by atoms with E-state index in [1.165, 1.54) is 6.42 Å². The van der Waals surface area contributed by atoms with E-state index in [2.05, 4.69) is 33.1 Å². The highest BCUT2D eigenvalue weighted by atomic mass is 35.5. The number of aryl methyl sites for hydroxylation is 1. The van der Waals surface area contributed by atoms with Crippen LogP contribution >= 0.6 is 11.6 Å². The molecule has 0 aliphatic carbocycles. The molecule has 0 bridgehead atoms. The van der Waals surface area contributed by atoms with Gasteiger partial charge in [0.1, 0.15) is 6.29 Å². The van der Waals surface area contributed by atoms with Crippen LogP contribution in [0.2, 0.25) is 5.02 Å². The first kappa shape index (κ1) is 21.1. The molecule has 4 N–H and O–H groups in total. The van der Waals surface area contributed by atoms with Crippen LogP contribution in [0.15, 0.2) is 18.2 Å². The van der Waals surface area contributed by atoms with Crippen LogP contribution in [-0.2, 0) is 14.4 Å². The van der Waals surface area contributed by atoms with Crippen LogP contribution < -0.4 is 21.3 Å². The summed E-state index contributed by atoms with van der Waals surface area (Å²) >= 11 is 6.15. The topological polar surface area (TPSA) is 103 Å². The second-order valence-corrected chi connectivity index (χ2v) is 8.90. The largest absolute Gasteiger partial charge is 0.340 e. The quantitative estimate of drug-likeness (QED) is 0.579. The fourth-order valence-corrected chi connectivity index (χ4v) is 4.83. The van der Waals surface area contributed by atoms with E-state index >= 15 is 0 Å². The normalized spacial score (nSPS) is 32.0. The lowest BCUT2D eigenvalue weighted by molar-refractivity contribution is -0.148. The van der Waals surface area contributed by atoms with Crippen molar-refractivity contribution < 1.29 is 14.4 Å². The van der Waals surface area contributed by atoms with Gasteiger partial charge in [0, 0.05) is 29.7 Å². The van der Waals surface area contributed by atoms with E-state index in [1.54, 1.807) is 12.1 Å². The molecule has 9 heteroatoms. The van der Waals surface area contributed by atoms with E-state index in [0.29, 0.717) is 16.8 Å². The number of nitrogens with zero attached hydrogens (tertiary/aromatic N) is 1. The van der Waals surface area contributed by atoms with Gasteiger partial charge in [-0.1, -0.05) is 24.1 Å². The number of rotatable bonds is 3. The third-order valence-corrected chi connectivity index (χ3v) is 6.80. The van der Waals surface area contributed by atoms with Gasteiger partial charge in [-0.2, -0.15) is 0 Å². The lowest BCUT2D eigenvalue weighted by atomic mass is 9.81. The first-order valence-corrected chi connectivity index (χ1v) is 10.9. The molecule has 3 fully saturated rings. The first-order valence-electron chi connectivity index (χ1n) is 10.5. The predicted octanol–water partition coefficient (Wildman–Crippen LogP) is 1.54. The molecule has 5 unspecified atom stereocenters. The second kappa shape index (κ2) is 8.53. The van der Waals surface area contributed by atoms with Crippen molar-refractivity contribution in [2.75, 3.05) is 11.9 Å². The minimum Gasteiger partial charge on any atom is -0.340 e. The molecule has 0 saturated carbocycles. The highest BCUT2D eigenvalue weighted by molar-refractivity contribution is 6.31. The van der Waals surface area contributed by atoms with Gasteiger partial charge >= 0.3 is 0 Å². The Morgan fingerprint density at radius 1 is 1.23 bits per heavy atom. The Labute approximate surface area is 181 Å². The maximum atomic E-state index is 13.0. The van der Waals surface area contributed by atoms with Crippen LogP contribution in [0.25, 0.3) is 0 Å². The monoisotopic (exact) mass is 433 g/mol. The van der Waals surface area contributed by atoms with Gasteiger partial charge in [0.15, 0.2) is 0 Å². The smallest absolute Gasteiger partial charge is 0.229 e. The van der Waals surface area contributed by atoms with Crippen LogP contribution in [0.5, 0.6) is 0 Å². The third-order valence-electron chi connectivity index (χ3n) is 6.40. The Kier molecular flexibility index (Phi) is 5.99. The van der Waals surface area contributed by atoms with Gasteiger partial charge in [-0.15, -0.1) is 0 Å². The number of hydrogen-bond donors (Lipinski definition) is 4. The summed E-state index contributed by atoms with van der Waals surface area (Å²) in [7, 11) is 0. The van der Waals surface area contributed by atoms with Crippen LogP contribution in [0.1, 0.15) is 38.2 Å². The Bertz CT molecular complexity index is 863. The minimum absolute atomic E-state index is 0.0352. The first-order chi connectivity index (χ1) is 14.3. The van der Waals surface area contributed by atoms with E-state index in [9.17, 15) is 14.4 Å². The van der Waals surface area contributed by atoms with Gasteiger partial charge in [0.25, 0.3) is 0 Å². The molecule has 3 amide bonds. The summed E-state index contributed by atoms with van der Waals surface area (Å²) < 4.78 is 0. The fraction of sp³-hybridized carbons (Fsp3) is 0.571. The molecule has 0 aromatic heterocycles. The molecule has 162 valence electrons. The summed E-state index contributed by atoms with van der Waals surface area (Å²) in [4.78, 5) is 40.6. The zero-order chi connectivity index (χ0) is 21.4. The molecular formula is C21H28ClN5O3. The Balaban J connectivity index is 1.50. The van der Waals surface area contributed by atoms with Crippen LogP contribution in [0.4, 0.5) is 5.69 Å². The summed E-state index contributed by atoms with van der Waals surface area (Å²) in [5.41, 5.74) is 1.45. The maximum absolute atomic E-state index is 13.0. The third kappa shape index (κ3) is 4.17. The molecule has 4 rings (SSSR count). The van der Waals surface area contributed by atoms with Crippen molar-refractivity contribution in [1.29, 1.82) is 0 Å². The standard InChI is InChI=1S/C21H28ClN5O3/c1-11-6-7-13(9-15(11)22)23-19(29)14-10-16(28)24-18-17(14)20(30)26-21(25-18)27-8-4-3-5-12(27)2/h6-7,9,12,14,17-18,21,25H,3-5,8,10H2,1-2H3,(H,23,29)(H,24,28)(H,26,30). The van der Waals surface area contributed by atoms with Crippen LogP contribution in [0.3, 0.4) is 0 Å². The van der Waals surface area contributed by atoms with Crippen molar-refractivity contribution in [3.05, 3.63) is 28.8 Å². The van der Waals surface area contributed by atoms with Crippen LogP contribution in [0, 0.1) is 18.8 Å². The molecule has 3 heterocycles. The lowest BCUT2D eigenvalue weighted by Gasteiger charge is -2.48. The summed E-state index contributed by atoms with van der Waals surface area (Å²) in [5, 5.41) is 12.6.